The van der Waals surface area contributed by atoms with Gasteiger partial charge >= 0.3 is 5.63 Å². The Morgan fingerprint density at radius 1 is 1.10 bits per heavy atom. The smallest absolute Gasteiger partial charge is 0.349 e. The van der Waals surface area contributed by atoms with Crippen molar-refractivity contribution in [1.82, 2.24) is 10.2 Å². The Morgan fingerprint density at radius 3 is 2.74 bits per heavy atom. The molecule has 1 amide bonds. The molecular formula is C25H22N2O3S. The number of carbonyl (C=O) groups excluding carboxylic acids is 1. The van der Waals surface area contributed by atoms with Gasteiger partial charge in [-0.1, -0.05) is 42.5 Å². The molecule has 1 unspecified atom stereocenters. The van der Waals surface area contributed by atoms with Gasteiger partial charge in [0.05, 0.1) is 6.04 Å². The Balaban J connectivity index is 1.37. The minimum atomic E-state index is -0.616. The van der Waals surface area contributed by atoms with Crippen LogP contribution in [0.15, 0.2) is 80.6 Å². The number of carbonyl (C=O) groups is 1. The third kappa shape index (κ3) is 4.04. The molecule has 5 rings (SSSR count). The summed E-state index contributed by atoms with van der Waals surface area (Å²) in [5.74, 6) is -0.405. The summed E-state index contributed by atoms with van der Waals surface area (Å²) in [6.45, 7) is 2.18. The molecule has 0 fully saturated rings. The molecule has 1 aliphatic rings. The molecule has 0 spiro atoms. The van der Waals surface area contributed by atoms with Crippen molar-refractivity contribution in [2.24, 2.45) is 0 Å². The lowest BCUT2D eigenvalue weighted by molar-refractivity contribution is 0.0924. The van der Waals surface area contributed by atoms with Crippen LogP contribution in [-0.4, -0.2) is 23.9 Å². The Morgan fingerprint density at radius 2 is 1.90 bits per heavy atom. The number of thiophene rings is 1. The molecule has 0 radical (unpaired) electrons. The van der Waals surface area contributed by atoms with Crippen LogP contribution in [-0.2, 0) is 13.0 Å². The third-order valence-electron chi connectivity index (χ3n) is 5.87. The van der Waals surface area contributed by atoms with Gasteiger partial charge in [0.15, 0.2) is 0 Å². The number of para-hydroxylation sites is 1. The quantitative estimate of drug-likeness (QED) is 0.477. The molecule has 1 N–H and O–H groups in total. The molecule has 1 atom stereocenters. The molecule has 2 aromatic heterocycles. The SMILES string of the molecule is O=C(NCC(c1ccsc1)N1CCc2ccccc2C1)c1cc2ccccc2oc1=O. The first-order valence-electron chi connectivity index (χ1n) is 10.3. The van der Waals surface area contributed by atoms with Gasteiger partial charge in [-0.2, -0.15) is 11.3 Å². The van der Waals surface area contributed by atoms with Crippen molar-refractivity contribution in [3.05, 3.63) is 104 Å². The van der Waals surface area contributed by atoms with Crippen molar-refractivity contribution in [2.45, 2.75) is 19.0 Å². The van der Waals surface area contributed by atoms with Crippen molar-refractivity contribution in [2.75, 3.05) is 13.1 Å². The van der Waals surface area contributed by atoms with E-state index in [0.29, 0.717) is 12.1 Å². The summed E-state index contributed by atoms with van der Waals surface area (Å²) in [5.41, 5.74) is 3.79. The summed E-state index contributed by atoms with van der Waals surface area (Å²) >= 11 is 1.65. The third-order valence-corrected chi connectivity index (χ3v) is 6.57. The standard InChI is InChI=1S/C25H22N2O3S/c28-24(21-13-18-6-3-4-8-23(18)30-25(21)29)26-14-22(20-10-12-31-16-20)27-11-9-17-5-1-2-7-19(17)15-27/h1-8,10,12-13,16,22H,9,11,14-15H2,(H,26,28). The number of hydrogen-bond acceptors (Lipinski definition) is 5. The van der Waals surface area contributed by atoms with Crippen molar-refractivity contribution in [1.29, 1.82) is 0 Å². The van der Waals surface area contributed by atoms with Gasteiger partial charge in [-0.25, -0.2) is 4.79 Å². The summed E-state index contributed by atoms with van der Waals surface area (Å²) < 4.78 is 5.32. The molecular weight excluding hydrogens is 408 g/mol. The Labute approximate surface area is 183 Å². The lowest BCUT2D eigenvalue weighted by Crippen LogP contribution is -2.41. The number of nitrogens with one attached hydrogen (secondary N) is 1. The second kappa shape index (κ2) is 8.49. The van der Waals surface area contributed by atoms with Gasteiger partial charge in [0, 0.05) is 25.0 Å². The Kier molecular flexibility index (Phi) is 5.40. The van der Waals surface area contributed by atoms with Gasteiger partial charge in [0.25, 0.3) is 5.91 Å². The second-order valence-electron chi connectivity index (χ2n) is 7.76. The summed E-state index contributed by atoms with van der Waals surface area (Å²) in [7, 11) is 0. The Hall–Kier alpha value is -3.22. The van der Waals surface area contributed by atoms with Crippen LogP contribution >= 0.6 is 11.3 Å². The maximum absolute atomic E-state index is 12.9. The zero-order valence-electron chi connectivity index (χ0n) is 16.9. The highest BCUT2D eigenvalue weighted by Crippen LogP contribution is 2.28. The fraction of sp³-hybridized carbons (Fsp3) is 0.200. The first-order chi connectivity index (χ1) is 15.2. The van der Waals surface area contributed by atoms with Gasteiger partial charge in [0.2, 0.25) is 0 Å². The summed E-state index contributed by atoms with van der Waals surface area (Å²) in [6, 6.07) is 19.5. The lowest BCUT2D eigenvalue weighted by Gasteiger charge is -2.35. The fourth-order valence-electron chi connectivity index (χ4n) is 4.21. The molecule has 2 aromatic carbocycles. The summed E-state index contributed by atoms with van der Waals surface area (Å²) in [4.78, 5) is 27.6. The number of benzene rings is 2. The van der Waals surface area contributed by atoms with Crippen LogP contribution in [0.25, 0.3) is 11.0 Å². The van der Waals surface area contributed by atoms with E-state index >= 15 is 0 Å². The highest BCUT2D eigenvalue weighted by Gasteiger charge is 2.26. The molecule has 1 aliphatic heterocycles. The van der Waals surface area contributed by atoms with Crippen LogP contribution < -0.4 is 10.9 Å². The van der Waals surface area contributed by atoms with E-state index < -0.39 is 11.5 Å². The van der Waals surface area contributed by atoms with E-state index in [0.717, 1.165) is 24.9 Å². The zero-order chi connectivity index (χ0) is 21.2. The van der Waals surface area contributed by atoms with Crippen LogP contribution in [0.5, 0.6) is 0 Å². The highest BCUT2D eigenvalue weighted by molar-refractivity contribution is 7.08. The highest BCUT2D eigenvalue weighted by atomic mass is 32.1. The maximum atomic E-state index is 12.9. The topological polar surface area (TPSA) is 62.6 Å². The molecule has 31 heavy (non-hydrogen) atoms. The first-order valence-corrected chi connectivity index (χ1v) is 11.3. The van der Waals surface area contributed by atoms with Crippen molar-refractivity contribution < 1.29 is 9.21 Å². The number of rotatable bonds is 5. The molecule has 156 valence electrons. The second-order valence-corrected chi connectivity index (χ2v) is 8.54. The van der Waals surface area contributed by atoms with Gasteiger partial charge in [-0.15, -0.1) is 0 Å². The maximum Gasteiger partial charge on any atom is 0.349 e. The number of fused-ring (bicyclic) bond motifs is 2. The van der Waals surface area contributed by atoms with E-state index in [2.05, 4.69) is 51.3 Å². The predicted octanol–water partition coefficient (Wildman–Crippen LogP) is 4.38. The van der Waals surface area contributed by atoms with Crippen LogP contribution in [0.2, 0.25) is 0 Å². The number of hydrogen-bond donors (Lipinski definition) is 1. The molecule has 0 aliphatic carbocycles. The van der Waals surface area contributed by atoms with Gasteiger partial charge in [-0.05, 0) is 52.1 Å². The fourth-order valence-corrected chi connectivity index (χ4v) is 4.92. The summed E-state index contributed by atoms with van der Waals surface area (Å²) in [6.07, 6.45) is 0.985. The van der Waals surface area contributed by atoms with Crippen LogP contribution in [0.4, 0.5) is 0 Å². The largest absolute Gasteiger partial charge is 0.422 e. The molecule has 5 nitrogen and oxygen atoms in total. The van der Waals surface area contributed by atoms with Crippen molar-refractivity contribution in [3.63, 3.8) is 0 Å². The van der Waals surface area contributed by atoms with E-state index in [9.17, 15) is 9.59 Å². The average molecular weight is 431 g/mol. The lowest BCUT2D eigenvalue weighted by atomic mass is 9.97. The van der Waals surface area contributed by atoms with Crippen LogP contribution in [0.1, 0.15) is 33.1 Å². The molecule has 0 bridgehead atoms. The molecule has 0 saturated heterocycles. The van der Waals surface area contributed by atoms with E-state index in [1.54, 1.807) is 29.5 Å². The molecule has 3 heterocycles. The summed E-state index contributed by atoms with van der Waals surface area (Å²) in [5, 5.41) is 7.89. The predicted molar refractivity (Wildman–Crippen MR) is 122 cm³/mol. The van der Waals surface area contributed by atoms with E-state index in [1.807, 2.05) is 12.1 Å². The van der Waals surface area contributed by atoms with Crippen molar-refractivity contribution >= 4 is 28.2 Å². The van der Waals surface area contributed by atoms with Gasteiger partial charge in [-0.3, -0.25) is 9.69 Å². The molecule has 0 saturated carbocycles. The molecule has 6 heteroatoms. The minimum absolute atomic E-state index is 0.0340. The van der Waals surface area contributed by atoms with Gasteiger partial charge in [0.1, 0.15) is 11.1 Å². The van der Waals surface area contributed by atoms with Gasteiger partial charge < -0.3 is 9.73 Å². The number of nitrogens with zero attached hydrogens (tertiary/aromatic N) is 1. The van der Waals surface area contributed by atoms with E-state index in [1.165, 1.54) is 16.7 Å². The zero-order valence-corrected chi connectivity index (χ0v) is 17.7. The minimum Gasteiger partial charge on any atom is -0.422 e. The van der Waals surface area contributed by atoms with E-state index in [4.69, 9.17) is 4.42 Å². The van der Waals surface area contributed by atoms with Crippen molar-refractivity contribution in [3.8, 4) is 0 Å². The van der Waals surface area contributed by atoms with E-state index in [-0.39, 0.29) is 11.6 Å². The van der Waals surface area contributed by atoms with Crippen LogP contribution in [0.3, 0.4) is 0 Å². The normalized spacial score (nSPS) is 14.8. The first kappa shape index (κ1) is 19.7. The number of amides is 1. The monoisotopic (exact) mass is 430 g/mol. The Bertz CT molecular complexity index is 1280. The molecule has 4 aromatic rings. The van der Waals surface area contributed by atoms with Crippen LogP contribution in [0, 0.1) is 0 Å². The average Bonchev–Trinajstić information content (AvgIpc) is 3.33.